The number of likely N-dealkylation sites (tertiary alicyclic amines) is 1. The van der Waals surface area contributed by atoms with Crippen molar-refractivity contribution in [2.24, 2.45) is 11.8 Å². The van der Waals surface area contributed by atoms with Crippen LogP contribution >= 0.6 is 23.4 Å². The molecule has 2 aromatic carbocycles. The molecular formula is C31H32ClN3O4S. The van der Waals surface area contributed by atoms with Crippen LogP contribution in [-0.4, -0.2) is 74.4 Å². The first-order valence-corrected chi connectivity index (χ1v) is 14.9. The van der Waals surface area contributed by atoms with Gasteiger partial charge in [-0.3, -0.25) is 14.4 Å². The van der Waals surface area contributed by atoms with E-state index < -0.39 is 28.7 Å². The van der Waals surface area contributed by atoms with Crippen LogP contribution in [0, 0.1) is 18.8 Å². The highest BCUT2D eigenvalue weighted by atomic mass is 35.5. The fourth-order valence-corrected chi connectivity index (χ4v) is 9.12. The van der Waals surface area contributed by atoms with E-state index in [1.165, 1.54) is 16.7 Å². The standard InChI is InChI=1S/C31H32ClN3O4S/c1-19-9-6-12-22(32)26(19)34-16-8-14-31-25(29(38)35(20(2)18-36)27(31)30(34)39)24-23(40-31)13-7-15-33(28(24)37)17-21-10-4-3-5-11-21/h3-14,20,23-25,27,36H,15-18H2,1-2H3/t20-,23+,24-,25+,27?,31+/m1/s1. The van der Waals surface area contributed by atoms with Crippen molar-refractivity contribution in [1.29, 1.82) is 0 Å². The van der Waals surface area contributed by atoms with E-state index >= 15 is 0 Å². The van der Waals surface area contributed by atoms with Crippen LogP contribution in [0.4, 0.5) is 5.69 Å². The van der Waals surface area contributed by atoms with Crippen LogP contribution in [0.2, 0.25) is 5.02 Å². The second kappa shape index (κ2) is 10.4. The van der Waals surface area contributed by atoms with Gasteiger partial charge in [-0.05, 0) is 31.0 Å². The maximum Gasteiger partial charge on any atom is 0.251 e. The van der Waals surface area contributed by atoms with Gasteiger partial charge in [-0.25, -0.2) is 0 Å². The van der Waals surface area contributed by atoms with Crippen molar-refractivity contribution in [3.05, 3.63) is 89.0 Å². The van der Waals surface area contributed by atoms with Crippen LogP contribution in [0.1, 0.15) is 18.1 Å². The maximum absolute atomic E-state index is 14.5. The van der Waals surface area contributed by atoms with E-state index in [2.05, 4.69) is 0 Å². The predicted molar refractivity (Wildman–Crippen MR) is 157 cm³/mol. The van der Waals surface area contributed by atoms with Gasteiger partial charge >= 0.3 is 0 Å². The van der Waals surface area contributed by atoms with Gasteiger partial charge in [0.25, 0.3) is 5.91 Å². The molecule has 1 unspecified atom stereocenters. The van der Waals surface area contributed by atoms with E-state index in [1.54, 1.807) is 22.8 Å². The number of para-hydroxylation sites is 1. The molecule has 2 saturated heterocycles. The molecule has 7 nitrogen and oxygen atoms in total. The Morgan fingerprint density at radius 1 is 1.02 bits per heavy atom. The molecule has 4 heterocycles. The fourth-order valence-electron chi connectivity index (χ4n) is 6.80. The van der Waals surface area contributed by atoms with Gasteiger partial charge in [0.15, 0.2) is 0 Å². The normalized spacial score (nSPS) is 30.2. The van der Waals surface area contributed by atoms with Crippen LogP contribution in [-0.2, 0) is 20.9 Å². The molecule has 0 aliphatic carbocycles. The number of nitrogens with zero attached hydrogens (tertiary/aromatic N) is 3. The number of aliphatic hydroxyl groups is 1. The fraction of sp³-hybridized carbons (Fsp3) is 0.387. The summed E-state index contributed by atoms with van der Waals surface area (Å²) in [5.74, 6) is -1.95. The summed E-state index contributed by atoms with van der Waals surface area (Å²) in [5.41, 5.74) is 2.49. The van der Waals surface area contributed by atoms with Gasteiger partial charge < -0.3 is 19.8 Å². The average Bonchev–Trinajstić information content (AvgIpc) is 3.28. The topological polar surface area (TPSA) is 81.2 Å². The van der Waals surface area contributed by atoms with Crippen molar-refractivity contribution < 1.29 is 19.5 Å². The number of amides is 3. The molecule has 1 N–H and O–H groups in total. The van der Waals surface area contributed by atoms with Crippen molar-refractivity contribution in [3.8, 4) is 0 Å². The third-order valence-electron chi connectivity index (χ3n) is 8.59. The lowest BCUT2D eigenvalue weighted by molar-refractivity contribution is -0.144. The van der Waals surface area contributed by atoms with Crippen molar-refractivity contribution in [2.45, 2.75) is 42.5 Å². The molecule has 6 rings (SSSR count). The lowest BCUT2D eigenvalue weighted by Crippen LogP contribution is -2.56. The van der Waals surface area contributed by atoms with E-state index in [4.69, 9.17) is 11.6 Å². The quantitative estimate of drug-likeness (QED) is 0.546. The van der Waals surface area contributed by atoms with Crippen LogP contribution in [0.15, 0.2) is 72.8 Å². The van der Waals surface area contributed by atoms with Gasteiger partial charge in [-0.2, -0.15) is 0 Å². The minimum atomic E-state index is -0.952. The largest absolute Gasteiger partial charge is 0.394 e. The molecule has 9 heteroatoms. The number of aliphatic hydroxyl groups excluding tert-OH is 1. The zero-order valence-electron chi connectivity index (χ0n) is 22.4. The van der Waals surface area contributed by atoms with E-state index in [9.17, 15) is 19.5 Å². The molecule has 6 atom stereocenters. The lowest BCUT2D eigenvalue weighted by atomic mass is 9.78. The van der Waals surface area contributed by atoms with Crippen molar-refractivity contribution in [3.63, 3.8) is 0 Å². The van der Waals surface area contributed by atoms with Gasteiger partial charge in [-0.15, -0.1) is 11.8 Å². The Bertz CT molecular complexity index is 1390. The number of carbonyl (C=O) groups is 3. The SMILES string of the molecule is Cc1cccc(Cl)c1N1CC=C[C@]23S[C@H]4C=CCN(Cc5ccccc5)C(=O)[C@H]4[C@H]2C(=O)N([C@H](C)CO)C3C1=O. The molecule has 2 aromatic rings. The first-order valence-electron chi connectivity index (χ1n) is 13.6. The summed E-state index contributed by atoms with van der Waals surface area (Å²) in [6.45, 7) is 4.56. The van der Waals surface area contributed by atoms with Crippen LogP contribution < -0.4 is 4.90 Å². The molecule has 208 valence electrons. The molecule has 0 aromatic heterocycles. The highest BCUT2D eigenvalue weighted by Crippen LogP contribution is 2.61. The molecule has 4 aliphatic rings. The number of thioether (sulfide) groups is 1. The number of aryl methyl sites for hydroxylation is 1. The third-order valence-corrected chi connectivity index (χ3v) is 10.6. The zero-order valence-corrected chi connectivity index (χ0v) is 24.0. The molecule has 3 amide bonds. The highest BCUT2D eigenvalue weighted by Gasteiger charge is 2.71. The summed E-state index contributed by atoms with van der Waals surface area (Å²) in [6, 6.07) is 13.8. The Balaban J connectivity index is 1.43. The monoisotopic (exact) mass is 577 g/mol. The molecule has 0 radical (unpaired) electrons. The summed E-state index contributed by atoms with van der Waals surface area (Å²) in [5, 5.41) is 10.4. The zero-order chi connectivity index (χ0) is 28.2. The van der Waals surface area contributed by atoms with E-state index in [0.29, 0.717) is 30.3 Å². The number of hydrogen-bond acceptors (Lipinski definition) is 5. The Labute approximate surface area is 243 Å². The molecule has 0 saturated carbocycles. The Morgan fingerprint density at radius 2 is 1.80 bits per heavy atom. The first-order chi connectivity index (χ1) is 19.3. The predicted octanol–water partition coefficient (Wildman–Crippen LogP) is 3.83. The third kappa shape index (κ3) is 4.11. The Morgan fingerprint density at radius 3 is 2.52 bits per heavy atom. The molecule has 1 spiro atoms. The van der Waals surface area contributed by atoms with Gasteiger partial charge in [0.05, 0.1) is 39.9 Å². The Kier molecular flexibility index (Phi) is 7.05. The minimum absolute atomic E-state index is 0.0808. The van der Waals surface area contributed by atoms with E-state index in [1.807, 2.05) is 73.7 Å². The number of benzene rings is 2. The van der Waals surface area contributed by atoms with Crippen LogP contribution in [0.25, 0.3) is 0 Å². The molecule has 2 fully saturated rings. The van der Waals surface area contributed by atoms with Crippen molar-refractivity contribution in [1.82, 2.24) is 9.80 Å². The van der Waals surface area contributed by atoms with Crippen LogP contribution in [0.3, 0.4) is 0 Å². The van der Waals surface area contributed by atoms with Crippen molar-refractivity contribution >= 4 is 46.8 Å². The molecule has 0 bridgehead atoms. The number of halogens is 1. The average molecular weight is 578 g/mol. The smallest absolute Gasteiger partial charge is 0.251 e. The summed E-state index contributed by atoms with van der Waals surface area (Å²) in [4.78, 5) is 48.1. The summed E-state index contributed by atoms with van der Waals surface area (Å²) in [7, 11) is 0. The molecular weight excluding hydrogens is 546 g/mol. The summed E-state index contributed by atoms with van der Waals surface area (Å²) < 4.78 is -0.952. The van der Waals surface area contributed by atoms with Gasteiger partial charge in [0.1, 0.15) is 6.04 Å². The number of carbonyl (C=O) groups excluding carboxylic acids is 3. The van der Waals surface area contributed by atoms with Gasteiger partial charge in [0, 0.05) is 24.9 Å². The summed E-state index contributed by atoms with van der Waals surface area (Å²) in [6.07, 6.45) is 7.96. The van der Waals surface area contributed by atoms with Crippen molar-refractivity contribution in [2.75, 3.05) is 24.6 Å². The number of anilines is 1. The second-order valence-corrected chi connectivity index (χ2v) is 12.9. The number of hydrogen-bond donors (Lipinski definition) is 1. The lowest BCUT2D eigenvalue weighted by Gasteiger charge is -2.37. The summed E-state index contributed by atoms with van der Waals surface area (Å²) >= 11 is 8.14. The molecule has 40 heavy (non-hydrogen) atoms. The van der Waals surface area contributed by atoms with Gasteiger partial charge in [0.2, 0.25) is 11.8 Å². The molecule has 4 aliphatic heterocycles. The second-order valence-electron chi connectivity index (χ2n) is 11.0. The number of rotatable bonds is 5. The highest BCUT2D eigenvalue weighted by molar-refractivity contribution is 8.02. The maximum atomic E-state index is 14.5. The van der Waals surface area contributed by atoms with Gasteiger partial charge in [-0.1, -0.05) is 78.4 Å². The minimum Gasteiger partial charge on any atom is -0.394 e. The van der Waals surface area contributed by atoms with E-state index in [0.717, 1.165) is 11.1 Å². The number of fused-ring (bicyclic) bond motifs is 2. The van der Waals surface area contributed by atoms with E-state index in [-0.39, 0.29) is 29.6 Å². The van der Waals surface area contributed by atoms with Crippen LogP contribution in [0.5, 0.6) is 0 Å². The first kappa shape index (κ1) is 27.1. The Hall–Kier alpha value is -3.07.